The summed E-state index contributed by atoms with van der Waals surface area (Å²) in [4.78, 5) is 21.8. The van der Waals surface area contributed by atoms with Crippen LogP contribution in [0.3, 0.4) is 0 Å². The number of Topliss-reactive ketones (excluding diaryl/α,β-unsaturated/α-hetero) is 1. The molecule has 0 radical (unpaired) electrons. The van der Waals surface area contributed by atoms with Gasteiger partial charge in [-0.25, -0.2) is 0 Å². The fourth-order valence-electron chi connectivity index (χ4n) is 0.898. The highest BCUT2D eigenvalue weighted by atomic mass is 32.1. The first-order valence-corrected chi connectivity index (χ1v) is 4.27. The van der Waals surface area contributed by atoms with Gasteiger partial charge in [0, 0.05) is 5.75 Å². The fourth-order valence-corrected chi connectivity index (χ4v) is 1.06. The molecule has 2 N–H and O–H groups in total. The third-order valence-electron chi connectivity index (χ3n) is 1.60. The van der Waals surface area contributed by atoms with E-state index in [9.17, 15) is 9.59 Å². The van der Waals surface area contributed by atoms with E-state index in [1.807, 2.05) is 0 Å². The van der Waals surface area contributed by atoms with Gasteiger partial charge >= 0.3 is 0 Å². The maximum atomic E-state index is 11.4. The molecule has 0 unspecified atom stereocenters. The van der Waals surface area contributed by atoms with Crippen LogP contribution in [0.1, 0.15) is 20.9 Å². The third-order valence-corrected chi connectivity index (χ3v) is 1.99. The zero-order valence-corrected chi connectivity index (χ0v) is 7.66. The Labute approximate surface area is 80.5 Å². The predicted molar refractivity (Wildman–Crippen MR) is 50.3 cm³/mol. The van der Waals surface area contributed by atoms with Crippen molar-refractivity contribution in [3.8, 4) is 0 Å². The highest BCUT2D eigenvalue weighted by Gasteiger charge is 2.19. The first kappa shape index (κ1) is 10.0. The summed E-state index contributed by atoms with van der Waals surface area (Å²) in [6.07, 6.45) is 1.76. The number of nitrogens with two attached hydrogens (primary N) is 1. The molecular weight excluding hydrogens is 190 g/mol. The van der Waals surface area contributed by atoms with E-state index in [1.165, 1.54) is 12.3 Å². The van der Waals surface area contributed by atoms with Gasteiger partial charge in [-0.05, 0) is 6.07 Å². The summed E-state index contributed by atoms with van der Waals surface area (Å²) in [5.41, 5.74) is 5.67. The van der Waals surface area contributed by atoms with Crippen LogP contribution < -0.4 is 5.73 Å². The molecule has 70 valence electrons. The van der Waals surface area contributed by atoms with E-state index in [2.05, 4.69) is 12.6 Å². The number of hydrogen-bond acceptors (Lipinski definition) is 5. The van der Waals surface area contributed by atoms with Gasteiger partial charge in [-0.15, -0.1) is 0 Å². The van der Waals surface area contributed by atoms with Crippen molar-refractivity contribution < 1.29 is 14.0 Å². The van der Waals surface area contributed by atoms with Crippen molar-refractivity contribution in [3.63, 3.8) is 0 Å². The molecule has 0 bridgehead atoms. The van der Waals surface area contributed by atoms with Crippen molar-refractivity contribution in [3.05, 3.63) is 23.7 Å². The van der Waals surface area contributed by atoms with E-state index in [0.29, 0.717) is 6.29 Å². The first-order valence-electron chi connectivity index (χ1n) is 3.64. The van der Waals surface area contributed by atoms with Gasteiger partial charge in [0.1, 0.15) is 0 Å². The Kier molecular flexibility index (Phi) is 3.27. The molecular formula is C8H9NO3S. The molecule has 1 heterocycles. The smallest absolute Gasteiger partial charge is 0.186 e. The molecule has 0 aliphatic rings. The third kappa shape index (κ3) is 1.99. The Balaban J connectivity index is 2.94. The monoisotopic (exact) mass is 199 g/mol. The van der Waals surface area contributed by atoms with Gasteiger partial charge < -0.3 is 10.2 Å². The van der Waals surface area contributed by atoms with Crippen molar-refractivity contribution in [2.45, 2.75) is 6.04 Å². The Hall–Kier alpha value is -1.07. The number of furan rings is 1. The molecule has 13 heavy (non-hydrogen) atoms. The van der Waals surface area contributed by atoms with Crippen LogP contribution >= 0.6 is 12.6 Å². The van der Waals surface area contributed by atoms with E-state index < -0.39 is 6.04 Å². The molecule has 0 aliphatic heterocycles. The lowest BCUT2D eigenvalue weighted by molar-refractivity contribution is 0.0960. The summed E-state index contributed by atoms with van der Waals surface area (Å²) >= 11 is 3.88. The summed E-state index contributed by atoms with van der Waals surface area (Å²) in [5.74, 6) is -0.0736. The Morgan fingerprint density at radius 2 is 2.46 bits per heavy atom. The summed E-state index contributed by atoms with van der Waals surface area (Å²) in [6, 6.07) is 0.731. The Morgan fingerprint density at radius 1 is 1.77 bits per heavy atom. The second kappa shape index (κ2) is 4.25. The van der Waals surface area contributed by atoms with Gasteiger partial charge in [0.25, 0.3) is 0 Å². The van der Waals surface area contributed by atoms with Crippen LogP contribution in [0.4, 0.5) is 0 Å². The number of carbonyl (C=O) groups is 2. The molecule has 1 aromatic rings. The van der Waals surface area contributed by atoms with Crippen LogP contribution in [0.15, 0.2) is 16.7 Å². The maximum absolute atomic E-state index is 11.4. The van der Waals surface area contributed by atoms with E-state index in [-0.39, 0.29) is 22.9 Å². The van der Waals surface area contributed by atoms with Gasteiger partial charge in [0.15, 0.2) is 17.8 Å². The number of carbonyl (C=O) groups excluding carboxylic acids is 2. The molecule has 0 aromatic carbocycles. The lowest BCUT2D eigenvalue weighted by atomic mass is 10.1. The molecule has 1 rings (SSSR count). The van der Waals surface area contributed by atoms with Crippen LogP contribution in [0.25, 0.3) is 0 Å². The molecule has 0 fully saturated rings. The molecule has 0 saturated heterocycles. The van der Waals surface area contributed by atoms with Crippen molar-refractivity contribution in [2.24, 2.45) is 5.73 Å². The van der Waals surface area contributed by atoms with Gasteiger partial charge in [-0.1, -0.05) is 0 Å². The van der Waals surface area contributed by atoms with Crippen molar-refractivity contribution in [1.82, 2.24) is 0 Å². The molecule has 0 amide bonds. The molecule has 0 saturated carbocycles. The van der Waals surface area contributed by atoms with E-state index in [1.54, 1.807) is 0 Å². The number of aldehydes is 1. The second-order valence-corrected chi connectivity index (χ2v) is 2.83. The average molecular weight is 199 g/mol. The molecule has 0 aliphatic carbocycles. The van der Waals surface area contributed by atoms with Crippen LogP contribution in [-0.4, -0.2) is 23.9 Å². The lowest BCUT2D eigenvalue weighted by Gasteiger charge is -2.04. The second-order valence-electron chi connectivity index (χ2n) is 2.47. The van der Waals surface area contributed by atoms with Crippen LogP contribution in [0.2, 0.25) is 0 Å². The van der Waals surface area contributed by atoms with Crippen molar-refractivity contribution >= 4 is 24.7 Å². The van der Waals surface area contributed by atoms with Gasteiger partial charge in [-0.2, -0.15) is 12.6 Å². The number of hydrogen-bond donors (Lipinski definition) is 2. The topological polar surface area (TPSA) is 73.3 Å². The molecule has 1 atom stereocenters. The van der Waals surface area contributed by atoms with Crippen LogP contribution in [0.5, 0.6) is 0 Å². The lowest BCUT2D eigenvalue weighted by Crippen LogP contribution is -2.32. The SMILES string of the molecule is N[C@H](CS)C(=O)c1ccoc1C=O. The largest absolute Gasteiger partial charge is 0.461 e. The summed E-state index contributed by atoms with van der Waals surface area (Å²) in [6.45, 7) is 0. The minimum absolute atomic E-state index is 0.0160. The number of rotatable bonds is 4. The molecule has 5 heteroatoms. The number of thiol groups is 1. The maximum Gasteiger partial charge on any atom is 0.186 e. The van der Waals surface area contributed by atoms with E-state index in [0.717, 1.165) is 0 Å². The first-order chi connectivity index (χ1) is 6.20. The predicted octanol–water partition coefficient (Wildman–Crippen LogP) is 0.532. The summed E-state index contributed by atoms with van der Waals surface area (Å²) < 4.78 is 4.76. The van der Waals surface area contributed by atoms with Crippen molar-refractivity contribution in [2.75, 3.05) is 5.75 Å². The normalized spacial score (nSPS) is 12.5. The minimum Gasteiger partial charge on any atom is -0.461 e. The summed E-state index contributed by atoms with van der Waals surface area (Å²) in [5, 5.41) is 0. The highest BCUT2D eigenvalue weighted by molar-refractivity contribution is 7.80. The Bertz CT molecular complexity index is 321. The van der Waals surface area contributed by atoms with Gasteiger partial charge in [0.05, 0.1) is 17.9 Å². The summed E-state index contributed by atoms with van der Waals surface area (Å²) in [7, 11) is 0. The molecule has 0 spiro atoms. The van der Waals surface area contributed by atoms with Crippen molar-refractivity contribution in [1.29, 1.82) is 0 Å². The average Bonchev–Trinajstić information content (AvgIpc) is 2.62. The van der Waals surface area contributed by atoms with E-state index in [4.69, 9.17) is 10.2 Å². The minimum atomic E-state index is -0.695. The van der Waals surface area contributed by atoms with Gasteiger partial charge in [0.2, 0.25) is 0 Å². The molecule has 1 aromatic heterocycles. The quantitative estimate of drug-likeness (QED) is 0.421. The number of ketones is 1. The molecule has 4 nitrogen and oxygen atoms in total. The standard InChI is InChI=1S/C8H9NO3S/c9-6(4-13)8(11)5-1-2-12-7(5)3-10/h1-3,6,13H,4,9H2/t6-/m1/s1. The zero-order valence-electron chi connectivity index (χ0n) is 6.77. The highest BCUT2D eigenvalue weighted by Crippen LogP contribution is 2.10. The Morgan fingerprint density at radius 3 is 3.00 bits per heavy atom. The van der Waals surface area contributed by atoms with Crippen LogP contribution in [-0.2, 0) is 0 Å². The van der Waals surface area contributed by atoms with Crippen LogP contribution in [0, 0.1) is 0 Å². The fraction of sp³-hybridized carbons (Fsp3) is 0.250. The zero-order chi connectivity index (χ0) is 9.84. The van der Waals surface area contributed by atoms with Gasteiger partial charge in [-0.3, -0.25) is 9.59 Å². The van der Waals surface area contributed by atoms with E-state index >= 15 is 0 Å².